The van der Waals surface area contributed by atoms with E-state index in [1.54, 1.807) is 30.3 Å². The second kappa shape index (κ2) is 10.4. The van der Waals surface area contributed by atoms with Crippen molar-refractivity contribution in [3.63, 3.8) is 0 Å². The normalized spacial score (nSPS) is 10.2. The summed E-state index contributed by atoms with van der Waals surface area (Å²) in [5.74, 6) is 1.22. The van der Waals surface area contributed by atoms with Crippen molar-refractivity contribution in [3.05, 3.63) is 54.1 Å². The van der Waals surface area contributed by atoms with Crippen LogP contribution in [-0.4, -0.2) is 31.9 Å². The van der Waals surface area contributed by atoms with Crippen LogP contribution in [0, 0.1) is 11.3 Å². The van der Waals surface area contributed by atoms with Crippen LogP contribution in [0.15, 0.2) is 53.6 Å². The molecule has 0 fully saturated rings. The number of rotatable bonds is 9. The van der Waals surface area contributed by atoms with Gasteiger partial charge in [0, 0.05) is 0 Å². The Kier molecular flexibility index (Phi) is 7.49. The van der Waals surface area contributed by atoms with Crippen LogP contribution < -0.4 is 19.6 Å². The SMILES string of the molecule is CCOc1cc(/C=N\NC(=O)COc2ccccc2)ccc1OCC#N. The van der Waals surface area contributed by atoms with Gasteiger partial charge in [0.15, 0.2) is 24.7 Å². The molecule has 0 heterocycles. The van der Waals surface area contributed by atoms with Gasteiger partial charge >= 0.3 is 0 Å². The number of carbonyl (C=O) groups is 1. The molecule has 2 aromatic rings. The molecule has 0 aliphatic carbocycles. The van der Waals surface area contributed by atoms with Crippen LogP contribution in [0.2, 0.25) is 0 Å². The quantitative estimate of drug-likeness (QED) is 0.552. The van der Waals surface area contributed by atoms with E-state index in [4.69, 9.17) is 19.5 Å². The number of carbonyl (C=O) groups excluding carboxylic acids is 1. The highest BCUT2D eigenvalue weighted by Crippen LogP contribution is 2.27. The molecule has 0 bridgehead atoms. The second-order valence-electron chi connectivity index (χ2n) is 4.98. The van der Waals surface area contributed by atoms with Gasteiger partial charge in [-0.05, 0) is 42.8 Å². The third-order valence-corrected chi connectivity index (χ3v) is 3.08. The molecule has 0 unspecified atom stereocenters. The molecule has 0 saturated carbocycles. The maximum Gasteiger partial charge on any atom is 0.277 e. The van der Waals surface area contributed by atoms with E-state index in [0.29, 0.717) is 29.4 Å². The fraction of sp³-hybridized carbons (Fsp3) is 0.211. The van der Waals surface area contributed by atoms with Gasteiger partial charge < -0.3 is 14.2 Å². The van der Waals surface area contributed by atoms with Gasteiger partial charge in [-0.15, -0.1) is 0 Å². The highest BCUT2D eigenvalue weighted by Gasteiger charge is 2.06. The number of benzene rings is 2. The lowest BCUT2D eigenvalue weighted by Crippen LogP contribution is -2.24. The van der Waals surface area contributed by atoms with Crippen LogP contribution in [0.1, 0.15) is 12.5 Å². The maximum absolute atomic E-state index is 11.7. The van der Waals surface area contributed by atoms with Crippen molar-refractivity contribution < 1.29 is 19.0 Å². The first-order valence-electron chi connectivity index (χ1n) is 7.99. The zero-order chi connectivity index (χ0) is 18.6. The first kappa shape index (κ1) is 18.8. The molecule has 0 aliphatic rings. The summed E-state index contributed by atoms with van der Waals surface area (Å²) in [5, 5.41) is 12.5. The molecule has 2 aromatic carbocycles. The van der Waals surface area contributed by atoms with Crippen molar-refractivity contribution in [2.24, 2.45) is 5.10 Å². The van der Waals surface area contributed by atoms with Crippen molar-refractivity contribution in [1.82, 2.24) is 5.43 Å². The molecule has 26 heavy (non-hydrogen) atoms. The van der Waals surface area contributed by atoms with E-state index in [-0.39, 0.29) is 19.1 Å². The predicted octanol–water partition coefficient (Wildman–Crippen LogP) is 2.52. The highest BCUT2D eigenvalue weighted by molar-refractivity contribution is 5.83. The summed E-state index contributed by atoms with van der Waals surface area (Å²) in [6, 6.07) is 16.1. The summed E-state index contributed by atoms with van der Waals surface area (Å²) in [5.41, 5.74) is 3.10. The molecule has 0 saturated heterocycles. The fourth-order valence-electron chi connectivity index (χ4n) is 1.98. The lowest BCUT2D eigenvalue weighted by atomic mass is 10.2. The summed E-state index contributed by atoms with van der Waals surface area (Å²) in [4.78, 5) is 11.7. The van der Waals surface area contributed by atoms with Gasteiger partial charge in [-0.3, -0.25) is 4.79 Å². The lowest BCUT2D eigenvalue weighted by Gasteiger charge is -2.10. The van der Waals surface area contributed by atoms with E-state index in [1.165, 1.54) is 6.21 Å². The monoisotopic (exact) mass is 353 g/mol. The number of ether oxygens (including phenoxy) is 3. The number of nitrogens with one attached hydrogen (secondary N) is 1. The van der Waals surface area contributed by atoms with E-state index >= 15 is 0 Å². The summed E-state index contributed by atoms with van der Waals surface area (Å²) < 4.78 is 16.1. The fourth-order valence-corrected chi connectivity index (χ4v) is 1.98. The molecule has 134 valence electrons. The minimum Gasteiger partial charge on any atom is -0.490 e. The Morgan fingerprint density at radius 1 is 1.15 bits per heavy atom. The summed E-state index contributed by atoms with van der Waals surface area (Å²) in [6.45, 7) is 2.11. The Labute approximate surface area is 151 Å². The average Bonchev–Trinajstić information content (AvgIpc) is 2.67. The van der Waals surface area contributed by atoms with Crippen molar-refractivity contribution >= 4 is 12.1 Å². The smallest absolute Gasteiger partial charge is 0.277 e. The number of hydrogen-bond acceptors (Lipinski definition) is 6. The average molecular weight is 353 g/mol. The van der Waals surface area contributed by atoms with Crippen molar-refractivity contribution in [3.8, 4) is 23.3 Å². The van der Waals surface area contributed by atoms with E-state index in [0.717, 1.165) is 0 Å². The van der Waals surface area contributed by atoms with Crippen LogP contribution in [0.4, 0.5) is 0 Å². The Bertz CT molecular complexity index is 785. The largest absolute Gasteiger partial charge is 0.490 e. The first-order chi connectivity index (χ1) is 12.7. The van der Waals surface area contributed by atoms with E-state index in [2.05, 4.69) is 10.5 Å². The van der Waals surface area contributed by atoms with Gasteiger partial charge in [0.05, 0.1) is 12.8 Å². The zero-order valence-corrected chi connectivity index (χ0v) is 14.3. The number of amides is 1. The van der Waals surface area contributed by atoms with Crippen LogP contribution >= 0.6 is 0 Å². The Morgan fingerprint density at radius 3 is 2.69 bits per heavy atom. The second-order valence-corrected chi connectivity index (χ2v) is 4.98. The van der Waals surface area contributed by atoms with Gasteiger partial charge in [0.25, 0.3) is 5.91 Å². The van der Waals surface area contributed by atoms with Crippen molar-refractivity contribution in [2.75, 3.05) is 19.8 Å². The highest BCUT2D eigenvalue weighted by atomic mass is 16.5. The van der Waals surface area contributed by atoms with Crippen LogP contribution in [0.3, 0.4) is 0 Å². The predicted molar refractivity (Wildman–Crippen MR) is 96.4 cm³/mol. The number of nitriles is 1. The summed E-state index contributed by atoms with van der Waals surface area (Å²) >= 11 is 0. The Hall–Kier alpha value is -3.53. The number of hydrazone groups is 1. The van der Waals surface area contributed by atoms with Crippen LogP contribution in [0.5, 0.6) is 17.2 Å². The van der Waals surface area contributed by atoms with Gasteiger partial charge in [-0.25, -0.2) is 5.43 Å². The van der Waals surface area contributed by atoms with Gasteiger partial charge in [0.2, 0.25) is 0 Å². The zero-order valence-electron chi connectivity index (χ0n) is 14.3. The minimum atomic E-state index is -0.371. The molecule has 0 aliphatic heterocycles. The Balaban J connectivity index is 1.89. The number of nitrogens with zero attached hydrogens (tertiary/aromatic N) is 2. The topological polar surface area (TPSA) is 92.9 Å². The molecule has 7 heteroatoms. The first-order valence-corrected chi connectivity index (χ1v) is 7.99. The molecule has 1 N–H and O–H groups in total. The Morgan fingerprint density at radius 2 is 1.96 bits per heavy atom. The van der Waals surface area contributed by atoms with Gasteiger partial charge in [-0.1, -0.05) is 18.2 Å². The molecule has 2 rings (SSSR count). The molecular formula is C19H19N3O4. The standard InChI is InChI=1S/C19H19N3O4/c1-2-24-18-12-15(8-9-17(18)25-11-10-20)13-21-22-19(23)14-26-16-6-4-3-5-7-16/h3-9,12-13H,2,11,14H2,1H3,(H,22,23)/b21-13-. The molecule has 0 spiro atoms. The third-order valence-electron chi connectivity index (χ3n) is 3.08. The van der Waals surface area contributed by atoms with Crippen molar-refractivity contribution in [2.45, 2.75) is 6.92 Å². The van der Waals surface area contributed by atoms with Crippen LogP contribution in [0.25, 0.3) is 0 Å². The lowest BCUT2D eigenvalue weighted by molar-refractivity contribution is -0.123. The molecule has 7 nitrogen and oxygen atoms in total. The van der Waals surface area contributed by atoms with E-state index < -0.39 is 0 Å². The third kappa shape index (κ3) is 6.17. The maximum atomic E-state index is 11.7. The number of hydrogen-bond donors (Lipinski definition) is 1. The van der Waals surface area contributed by atoms with Gasteiger partial charge in [-0.2, -0.15) is 10.4 Å². The minimum absolute atomic E-state index is 0.0645. The van der Waals surface area contributed by atoms with E-state index in [9.17, 15) is 4.79 Å². The molecular weight excluding hydrogens is 334 g/mol. The summed E-state index contributed by atoms with van der Waals surface area (Å²) in [6.07, 6.45) is 1.48. The number of para-hydroxylation sites is 1. The molecule has 1 amide bonds. The van der Waals surface area contributed by atoms with Gasteiger partial charge in [0.1, 0.15) is 11.8 Å². The van der Waals surface area contributed by atoms with Crippen molar-refractivity contribution in [1.29, 1.82) is 5.26 Å². The molecule has 0 radical (unpaired) electrons. The molecule has 0 aromatic heterocycles. The van der Waals surface area contributed by atoms with E-state index in [1.807, 2.05) is 31.2 Å². The summed E-state index contributed by atoms with van der Waals surface area (Å²) in [7, 11) is 0. The molecule has 0 atom stereocenters. The van der Waals surface area contributed by atoms with Crippen LogP contribution in [-0.2, 0) is 4.79 Å².